The Kier molecular flexibility index (Phi) is 2.44. The van der Waals surface area contributed by atoms with Crippen molar-refractivity contribution in [3.05, 3.63) is 22.5 Å². The normalized spacial score (nSPS) is 25.7. The molecule has 0 saturated carbocycles. The van der Waals surface area contributed by atoms with Gasteiger partial charge in [0.1, 0.15) is 6.23 Å². The van der Waals surface area contributed by atoms with Crippen molar-refractivity contribution >= 4 is 5.82 Å². The smallest absolute Gasteiger partial charge is 0.351 e. The van der Waals surface area contributed by atoms with Crippen LogP contribution in [0.2, 0.25) is 0 Å². The van der Waals surface area contributed by atoms with E-state index in [1.165, 1.54) is 0 Å². The van der Waals surface area contributed by atoms with Gasteiger partial charge in [0, 0.05) is 0 Å². The van der Waals surface area contributed by atoms with Gasteiger partial charge in [0.2, 0.25) is 0 Å². The van der Waals surface area contributed by atoms with E-state index in [0.29, 0.717) is 6.42 Å². The average molecular weight is 213 g/mol. The zero-order valence-electron chi connectivity index (χ0n) is 8.31. The summed E-state index contributed by atoms with van der Waals surface area (Å²) in [5.41, 5.74) is 4.60. The fourth-order valence-electron chi connectivity index (χ4n) is 1.65. The van der Waals surface area contributed by atoms with Crippen LogP contribution in [0.4, 0.5) is 10.2 Å². The van der Waals surface area contributed by atoms with Crippen LogP contribution in [-0.2, 0) is 4.74 Å². The zero-order chi connectivity index (χ0) is 11.0. The largest absolute Gasteiger partial charge is 0.381 e. The molecule has 1 saturated heterocycles. The SMILES string of the molecule is CC1CC[C@H](n2cc(F)c(N)nc2=O)O1. The molecule has 2 heterocycles. The van der Waals surface area contributed by atoms with E-state index in [2.05, 4.69) is 4.98 Å². The lowest BCUT2D eigenvalue weighted by molar-refractivity contribution is 0.00747. The molecule has 0 aromatic carbocycles. The number of nitrogens with zero attached hydrogens (tertiary/aromatic N) is 2. The minimum Gasteiger partial charge on any atom is -0.381 e. The molecule has 1 fully saturated rings. The predicted molar refractivity (Wildman–Crippen MR) is 51.7 cm³/mol. The van der Waals surface area contributed by atoms with Gasteiger partial charge in [-0.05, 0) is 19.8 Å². The third-order valence-electron chi connectivity index (χ3n) is 2.45. The number of rotatable bonds is 1. The lowest BCUT2D eigenvalue weighted by Crippen LogP contribution is -2.28. The van der Waals surface area contributed by atoms with E-state index in [-0.39, 0.29) is 11.9 Å². The molecule has 1 aliphatic rings. The van der Waals surface area contributed by atoms with Gasteiger partial charge < -0.3 is 10.5 Å². The van der Waals surface area contributed by atoms with Crippen LogP contribution in [0.15, 0.2) is 11.0 Å². The highest BCUT2D eigenvalue weighted by atomic mass is 19.1. The van der Waals surface area contributed by atoms with E-state index in [1.54, 1.807) is 0 Å². The molecule has 2 atom stereocenters. The van der Waals surface area contributed by atoms with Crippen LogP contribution in [-0.4, -0.2) is 15.7 Å². The number of anilines is 1. The van der Waals surface area contributed by atoms with Crippen molar-refractivity contribution in [3.63, 3.8) is 0 Å². The second kappa shape index (κ2) is 3.62. The second-order valence-corrected chi connectivity index (χ2v) is 3.64. The summed E-state index contributed by atoms with van der Waals surface area (Å²) in [6.45, 7) is 1.91. The molecule has 2 N–H and O–H groups in total. The van der Waals surface area contributed by atoms with Crippen LogP contribution in [0.1, 0.15) is 26.0 Å². The van der Waals surface area contributed by atoms with Gasteiger partial charge in [0.15, 0.2) is 11.6 Å². The topological polar surface area (TPSA) is 70.1 Å². The summed E-state index contributed by atoms with van der Waals surface area (Å²) in [4.78, 5) is 14.8. The van der Waals surface area contributed by atoms with E-state index >= 15 is 0 Å². The number of halogens is 1. The maximum Gasteiger partial charge on any atom is 0.351 e. The standard InChI is InChI=1S/C9H12FN3O2/c1-5-2-3-7(15-5)13-4-6(10)8(11)12-9(13)14/h4-5,7H,2-3H2,1H3,(H2,11,12,14)/t5?,7-/m1/s1. The molecule has 1 aromatic heterocycles. The molecule has 1 aliphatic heterocycles. The fraction of sp³-hybridized carbons (Fsp3) is 0.556. The maximum atomic E-state index is 13.1. The molecule has 1 aromatic rings. The quantitative estimate of drug-likeness (QED) is 0.744. The Morgan fingerprint density at radius 2 is 2.40 bits per heavy atom. The van der Waals surface area contributed by atoms with E-state index < -0.39 is 17.7 Å². The van der Waals surface area contributed by atoms with Crippen molar-refractivity contribution in [1.82, 2.24) is 9.55 Å². The van der Waals surface area contributed by atoms with Crippen molar-refractivity contribution in [2.45, 2.75) is 32.1 Å². The summed E-state index contributed by atoms with van der Waals surface area (Å²) in [5.74, 6) is -1.07. The molecule has 5 nitrogen and oxygen atoms in total. The van der Waals surface area contributed by atoms with E-state index in [4.69, 9.17) is 10.5 Å². The van der Waals surface area contributed by atoms with Gasteiger partial charge in [-0.2, -0.15) is 4.98 Å². The predicted octanol–water partition coefficient (Wildman–Crippen LogP) is 0.662. The van der Waals surface area contributed by atoms with Crippen LogP contribution in [0, 0.1) is 5.82 Å². The number of ether oxygens (including phenoxy) is 1. The van der Waals surface area contributed by atoms with Gasteiger partial charge in [-0.15, -0.1) is 0 Å². The number of nitrogen functional groups attached to an aromatic ring is 1. The Morgan fingerprint density at radius 1 is 1.67 bits per heavy atom. The van der Waals surface area contributed by atoms with Gasteiger partial charge in [0.25, 0.3) is 0 Å². The summed E-state index contributed by atoms with van der Waals surface area (Å²) in [7, 11) is 0. The highest BCUT2D eigenvalue weighted by Gasteiger charge is 2.24. The molecule has 15 heavy (non-hydrogen) atoms. The first kappa shape index (κ1) is 10.1. The summed E-state index contributed by atoms with van der Waals surface area (Å²) in [6, 6.07) is 0. The van der Waals surface area contributed by atoms with Gasteiger partial charge in [-0.3, -0.25) is 4.57 Å². The van der Waals surface area contributed by atoms with Gasteiger partial charge in [0.05, 0.1) is 12.3 Å². The Labute approximate surface area is 85.7 Å². The van der Waals surface area contributed by atoms with Crippen LogP contribution in [0.25, 0.3) is 0 Å². The van der Waals surface area contributed by atoms with Gasteiger partial charge >= 0.3 is 5.69 Å². The van der Waals surface area contributed by atoms with E-state index in [0.717, 1.165) is 17.2 Å². The first-order valence-electron chi connectivity index (χ1n) is 4.77. The third-order valence-corrected chi connectivity index (χ3v) is 2.45. The van der Waals surface area contributed by atoms with Crippen LogP contribution in [0.5, 0.6) is 0 Å². The number of aromatic nitrogens is 2. The molecule has 0 bridgehead atoms. The van der Waals surface area contributed by atoms with Gasteiger partial charge in [-0.1, -0.05) is 0 Å². The molecule has 82 valence electrons. The molecule has 0 spiro atoms. The zero-order valence-corrected chi connectivity index (χ0v) is 8.31. The highest BCUT2D eigenvalue weighted by molar-refractivity contribution is 5.26. The molecule has 0 amide bonds. The van der Waals surface area contributed by atoms with Crippen LogP contribution < -0.4 is 11.4 Å². The van der Waals surface area contributed by atoms with Crippen molar-refractivity contribution in [3.8, 4) is 0 Å². The maximum absolute atomic E-state index is 13.1. The Morgan fingerprint density at radius 3 is 3.00 bits per heavy atom. The molecule has 1 unspecified atom stereocenters. The number of hydrogen-bond acceptors (Lipinski definition) is 4. The molecular weight excluding hydrogens is 201 g/mol. The third kappa shape index (κ3) is 1.85. The minimum absolute atomic E-state index is 0.0857. The Bertz CT molecular complexity index is 432. The summed E-state index contributed by atoms with van der Waals surface area (Å²) in [5, 5.41) is 0. The average Bonchev–Trinajstić information content (AvgIpc) is 2.58. The summed E-state index contributed by atoms with van der Waals surface area (Å²) in [6.07, 6.45) is 2.25. The first-order chi connectivity index (χ1) is 7.08. The lowest BCUT2D eigenvalue weighted by Gasteiger charge is -2.13. The van der Waals surface area contributed by atoms with Crippen molar-refractivity contribution < 1.29 is 9.13 Å². The fourth-order valence-corrected chi connectivity index (χ4v) is 1.65. The number of hydrogen-bond donors (Lipinski definition) is 1. The van der Waals surface area contributed by atoms with E-state index in [9.17, 15) is 9.18 Å². The van der Waals surface area contributed by atoms with Gasteiger partial charge in [-0.25, -0.2) is 9.18 Å². The molecule has 0 radical (unpaired) electrons. The Hall–Kier alpha value is -1.43. The highest BCUT2D eigenvalue weighted by Crippen LogP contribution is 2.26. The monoisotopic (exact) mass is 213 g/mol. The van der Waals surface area contributed by atoms with Crippen molar-refractivity contribution in [1.29, 1.82) is 0 Å². The van der Waals surface area contributed by atoms with Crippen molar-refractivity contribution in [2.75, 3.05) is 5.73 Å². The second-order valence-electron chi connectivity index (χ2n) is 3.64. The molecule has 2 rings (SSSR count). The molecular formula is C9H12FN3O2. The van der Waals surface area contributed by atoms with Crippen molar-refractivity contribution in [2.24, 2.45) is 0 Å². The minimum atomic E-state index is -0.697. The lowest BCUT2D eigenvalue weighted by atomic mass is 10.2. The summed E-state index contributed by atoms with van der Waals surface area (Å²) < 4.78 is 19.7. The summed E-state index contributed by atoms with van der Waals surface area (Å²) >= 11 is 0. The number of nitrogens with two attached hydrogens (primary N) is 1. The molecule has 0 aliphatic carbocycles. The molecule has 6 heteroatoms. The first-order valence-corrected chi connectivity index (χ1v) is 4.77. The van der Waals surface area contributed by atoms with Crippen LogP contribution >= 0.6 is 0 Å². The Balaban J connectivity index is 2.36. The van der Waals surface area contributed by atoms with Crippen LogP contribution in [0.3, 0.4) is 0 Å². The van der Waals surface area contributed by atoms with E-state index in [1.807, 2.05) is 6.92 Å².